The van der Waals surface area contributed by atoms with Crippen LogP contribution in [0.15, 0.2) is 0 Å². The van der Waals surface area contributed by atoms with Crippen LogP contribution in [0.2, 0.25) is 0 Å². The average molecular weight is 528 g/mol. The van der Waals surface area contributed by atoms with E-state index in [1.807, 2.05) is 0 Å². The van der Waals surface area contributed by atoms with Crippen LogP contribution in [0, 0.1) is 0 Å². The van der Waals surface area contributed by atoms with Gasteiger partial charge in [-0.05, 0) is 0 Å². The lowest BCUT2D eigenvalue weighted by Crippen LogP contribution is 0.144. The van der Waals surface area contributed by atoms with Crippen LogP contribution in [0.4, 0.5) is 0 Å². The van der Waals surface area contributed by atoms with Crippen molar-refractivity contribution in [1.82, 2.24) is 0 Å². The summed E-state index contributed by atoms with van der Waals surface area (Å²) >= 11 is 0. The van der Waals surface area contributed by atoms with E-state index in [9.17, 15) is 0 Å². The van der Waals surface area contributed by atoms with Crippen molar-refractivity contribution in [1.29, 1.82) is 0 Å². The summed E-state index contributed by atoms with van der Waals surface area (Å²) in [5.41, 5.74) is 0. The van der Waals surface area contributed by atoms with Crippen LogP contribution in [0.25, 0.3) is 0 Å². The van der Waals surface area contributed by atoms with E-state index in [0.29, 0.717) is 0 Å². The topological polar surface area (TPSA) is 0 Å². The lowest BCUT2D eigenvalue weighted by Gasteiger charge is -0.108. The van der Waals surface area contributed by atoms with E-state index in [1.165, 1.54) is 0 Å². The van der Waals surface area contributed by atoms with Gasteiger partial charge in [0.25, 0.3) is 0 Å². The Hall–Kier alpha value is 2.92. The predicted molar refractivity (Wildman–Crippen MR) is 68.4 cm³/mol. The molecule has 0 aliphatic rings. The first-order valence-electron chi connectivity index (χ1n) is 0. The van der Waals surface area contributed by atoms with E-state index in [0.717, 1.165) is 0 Å². The Kier molecular flexibility index (Phi) is 253. The van der Waals surface area contributed by atoms with Gasteiger partial charge in [-0.1, -0.05) is 7.43 Å². The van der Waals surface area contributed by atoms with Gasteiger partial charge in [0.1, 0.15) is 0 Å². The molecule has 0 unspecified atom stereocenters. The van der Waals surface area contributed by atoms with Gasteiger partial charge in [0.05, 0.1) is 0 Å². The predicted octanol–water partition coefficient (Wildman–Crippen LogP) is 3.11. The minimum absolute atomic E-state index is 0. The van der Waals surface area contributed by atoms with Crippen LogP contribution in [0.5, 0.6) is 0 Å². The van der Waals surface area contributed by atoms with Crippen LogP contribution in [-0.4, -0.2) is 0 Å². The minimum Gasteiger partial charge on any atom is -0.107 e. The van der Waals surface area contributed by atoms with Gasteiger partial charge in [-0.25, -0.2) is 0 Å². The van der Waals surface area contributed by atoms with Crippen LogP contribution in [0.1, 0.15) is 7.43 Å². The molecule has 0 atom stereocenters. The van der Waals surface area contributed by atoms with E-state index in [-0.39, 0.29) is 103 Å². The standard InChI is InChI=1S/CH4.4HI/h1H4;4*1H. The van der Waals surface area contributed by atoms with Crippen molar-refractivity contribution in [3.63, 3.8) is 0 Å². The highest BCUT2D eigenvalue weighted by molar-refractivity contribution is 14.0. The summed E-state index contributed by atoms with van der Waals surface area (Å²) in [5.74, 6) is 0. The molecule has 0 saturated heterocycles. The molecule has 0 aliphatic heterocycles. The van der Waals surface area contributed by atoms with Gasteiger partial charge in [0, 0.05) is 0 Å². The van der Waals surface area contributed by atoms with Crippen LogP contribution in [0.3, 0.4) is 0 Å². The first kappa shape index (κ1) is 44.5. The Balaban J connectivity index is 0. The van der Waals surface area contributed by atoms with E-state index >= 15 is 0 Å². The van der Waals surface area contributed by atoms with Crippen LogP contribution < -0.4 is 0 Å². The molecule has 0 N–H and O–H groups in total. The molecule has 0 rings (SSSR count). The van der Waals surface area contributed by atoms with Crippen molar-refractivity contribution in [2.24, 2.45) is 0 Å². The normalized spacial score (nSPS) is 0. The summed E-state index contributed by atoms with van der Waals surface area (Å²) in [7, 11) is 0. The van der Waals surface area contributed by atoms with Crippen LogP contribution in [-0.2, 0) is 0 Å². The summed E-state index contributed by atoms with van der Waals surface area (Å²) < 4.78 is 0. The quantitative estimate of drug-likeness (QED) is 0.425. The molecular weight excluding hydrogens is 520 g/mol. The highest BCUT2D eigenvalue weighted by atomic mass is 127. The first-order valence-corrected chi connectivity index (χ1v) is 0. The molecule has 0 heterocycles. The molecule has 0 nitrogen and oxygen atoms in total. The molecular formula is CH8I4. The highest BCUT2D eigenvalue weighted by Gasteiger charge is -0.0774. The number of hydrogen-bond acceptors (Lipinski definition) is 0. The van der Waals surface area contributed by atoms with Crippen molar-refractivity contribution in [2.45, 2.75) is 7.43 Å². The third-order valence-electron chi connectivity index (χ3n) is 0. The van der Waals surface area contributed by atoms with Crippen molar-refractivity contribution >= 4 is 95.9 Å². The third-order valence-corrected chi connectivity index (χ3v) is 0. The fourth-order valence-electron chi connectivity index (χ4n) is 0. The van der Waals surface area contributed by atoms with Gasteiger partial charge in [-0.15, -0.1) is 95.9 Å². The van der Waals surface area contributed by atoms with Gasteiger partial charge in [-0.2, -0.15) is 0 Å². The van der Waals surface area contributed by atoms with Crippen molar-refractivity contribution < 1.29 is 0 Å². The second-order valence-electron chi connectivity index (χ2n) is 0. The Bertz CT molecular complexity index is 3.61. The largest absolute Gasteiger partial charge is 0.107 e. The fourth-order valence-corrected chi connectivity index (χ4v) is 0. The van der Waals surface area contributed by atoms with E-state index in [1.54, 1.807) is 0 Å². The highest BCUT2D eigenvalue weighted by Crippen LogP contribution is 0.889. The summed E-state index contributed by atoms with van der Waals surface area (Å²) in [6.07, 6.45) is 0. The maximum Gasteiger partial charge on any atom is -0.0776 e. The number of hydrogen-bond donors (Lipinski definition) is 0. The molecule has 0 aliphatic carbocycles. The van der Waals surface area contributed by atoms with Gasteiger partial charge < -0.3 is 0 Å². The summed E-state index contributed by atoms with van der Waals surface area (Å²) in [5, 5.41) is 0. The third kappa shape index (κ3) is 19.6. The van der Waals surface area contributed by atoms with Gasteiger partial charge >= 0.3 is 0 Å². The molecule has 4 heteroatoms. The molecule has 5 heavy (non-hydrogen) atoms. The molecule has 0 saturated carbocycles. The van der Waals surface area contributed by atoms with E-state index in [2.05, 4.69) is 0 Å². The zero-order valence-electron chi connectivity index (χ0n) is 1.63. The van der Waals surface area contributed by atoms with E-state index < -0.39 is 0 Å². The Morgan fingerprint density at radius 1 is 0.400 bits per heavy atom. The Morgan fingerprint density at radius 3 is 0.400 bits per heavy atom. The zero-order chi connectivity index (χ0) is 0. The summed E-state index contributed by atoms with van der Waals surface area (Å²) in [6.45, 7) is 0. The zero-order valence-corrected chi connectivity index (χ0v) is 11.0. The Labute approximate surface area is 101 Å². The second-order valence-corrected chi connectivity index (χ2v) is 0. The number of halogens is 4. The maximum atomic E-state index is 0. The molecule has 0 aromatic heterocycles. The van der Waals surface area contributed by atoms with Crippen molar-refractivity contribution in [3.05, 3.63) is 0 Å². The molecule has 0 fully saturated rings. The number of rotatable bonds is 0. The minimum atomic E-state index is 0. The SMILES string of the molecule is C.I.I.I.I. The monoisotopic (exact) mass is 528 g/mol. The summed E-state index contributed by atoms with van der Waals surface area (Å²) in [4.78, 5) is 0. The molecule has 0 amide bonds. The van der Waals surface area contributed by atoms with Gasteiger partial charge in [0.15, 0.2) is 0 Å². The molecule has 0 spiro atoms. The molecule has 40 valence electrons. The Morgan fingerprint density at radius 2 is 0.400 bits per heavy atom. The lowest BCUT2D eigenvalue weighted by atomic mass is 12.0. The molecule has 0 aromatic rings. The molecule has 0 bridgehead atoms. The molecule has 0 radical (unpaired) electrons. The first-order chi connectivity index (χ1) is 0. The van der Waals surface area contributed by atoms with Crippen molar-refractivity contribution in [3.8, 4) is 0 Å². The average Bonchev–Trinajstić information content (AvgIpc) is 0. The summed E-state index contributed by atoms with van der Waals surface area (Å²) in [6, 6.07) is 0. The fraction of sp³-hybridized carbons (Fsp3) is 1.00. The van der Waals surface area contributed by atoms with Crippen LogP contribution >= 0.6 is 95.9 Å². The molecule has 0 aromatic carbocycles. The lowest BCUT2D eigenvalue weighted by molar-refractivity contribution is 2.50. The smallest absolute Gasteiger partial charge is 0.0776 e. The van der Waals surface area contributed by atoms with E-state index in [4.69, 9.17) is 0 Å². The van der Waals surface area contributed by atoms with Crippen molar-refractivity contribution in [2.75, 3.05) is 0 Å². The maximum absolute atomic E-state index is 0. The van der Waals surface area contributed by atoms with Gasteiger partial charge in [0.2, 0.25) is 0 Å². The second kappa shape index (κ2) is 28.4. The van der Waals surface area contributed by atoms with Gasteiger partial charge in [-0.3, -0.25) is 0 Å².